The zero-order valence-electron chi connectivity index (χ0n) is 17.0. The monoisotopic (exact) mass is 401 g/mol. The highest BCUT2D eigenvalue weighted by molar-refractivity contribution is 5.89. The second-order valence-corrected chi connectivity index (χ2v) is 7.03. The summed E-state index contributed by atoms with van der Waals surface area (Å²) < 4.78 is 5.22. The van der Waals surface area contributed by atoms with Crippen molar-refractivity contribution in [2.75, 3.05) is 12.8 Å². The van der Waals surface area contributed by atoms with Crippen LogP contribution in [0, 0.1) is 22.7 Å². The van der Waals surface area contributed by atoms with Crippen LogP contribution in [0.25, 0.3) is 33.4 Å². The van der Waals surface area contributed by atoms with Gasteiger partial charge in [0.05, 0.1) is 23.9 Å². The van der Waals surface area contributed by atoms with E-state index in [1.165, 1.54) is 0 Å². The van der Waals surface area contributed by atoms with Crippen molar-refractivity contribution < 1.29 is 4.74 Å². The highest BCUT2D eigenvalue weighted by atomic mass is 16.5. The van der Waals surface area contributed by atoms with E-state index >= 15 is 0 Å². The Labute approximate surface area is 181 Å². The molecule has 0 saturated heterocycles. The summed E-state index contributed by atoms with van der Waals surface area (Å²) in [5.74, 6) is 0.806. The lowest BCUT2D eigenvalue weighted by Crippen LogP contribution is -2.00. The van der Waals surface area contributed by atoms with Crippen LogP contribution in [0.1, 0.15) is 11.1 Å². The van der Waals surface area contributed by atoms with Gasteiger partial charge in [0.25, 0.3) is 0 Å². The van der Waals surface area contributed by atoms with E-state index in [0.29, 0.717) is 22.3 Å². The largest absolute Gasteiger partial charge is 0.497 e. The molecule has 2 N–H and O–H groups in total. The van der Waals surface area contributed by atoms with E-state index in [1.54, 1.807) is 7.11 Å². The van der Waals surface area contributed by atoms with Gasteiger partial charge < -0.3 is 10.5 Å². The number of nitrogens with two attached hydrogens (primary N) is 1. The summed E-state index contributed by atoms with van der Waals surface area (Å²) in [6, 6.07) is 31.6. The molecular formula is C27H19N3O. The molecule has 0 aliphatic heterocycles. The lowest BCUT2D eigenvalue weighted by molar-refractivity contribution is 0.415. The Balaban J connectivity index is 1.83. The summed E-state index contributed by atoms with van der Waals surface area (Å²) in [6.45, 7) is 0. The minimum absolute atomic E-state index is 0.209. The first-order valence-electron chi connectivity index (χ1n) is 9.73. The first-order valence-corrected chi connectivity index (χ1v) is 9.73. The summed E-state index contributed by atoms with van der Waals surface area (Å²) in [5, 5.41) is 19.5. The molecule has 148 valence electrons. The Hall–Kier alpha value is -4.54. The third kappa shape index (κ3) is 3.71. The lowest BCUT2D eigenvalue weighted by atomic mass is 9.89. The summed E-state index contributed by atoms with van der Waals surface area (Å²) in [7, 11) is 1.64. The van der Waals surface area contributed by atoms with Crippen LogP contribution in [-0.4, -0.2) is 7.11 Å². The Morgan fingerprint density at radius 1 is 0.645 bits per heavy atom. The van der Waals surface area contributed by atoms with Gasteiger partial charge >= 0.3 is 0 Å². The first kappa shape index (κ1) is 19.8. The van der Waals surface area contributed by atoms with Crippen LogP contribution in [0.4, 0.5) is 5.69 Å². The number of methoxy groups -OCH3 is 1. The number of nitrogen functional groups attached to an aromatic ring is 1. The molecule has 4 heteroatoms. The Morgan fingerprint density at radius 2 is 1.10 bits per heavy atom. The standard InChI is InChI=1S/C27H19N3O/c1-31-22-13-11-19(12-14-22)18-7-9-21(10-8-18)24-15-23(20-5-3-2-4-6-20)25(16-28)27(30)26(24)17-29/h2-15H,30H2,1H3. The number of hydrogen-bond acceptors (Lipinski definition) is 4. The van der Waals surface area contributed by atoms with Crippen LogP contribution in [0.5, 0.6) is 5.75 Å². The SMILES string of the molecule is COc1ccc(-c2ccc(-c3cc(-c4ccccc4)c(C#N)c(N)c3C#N)cc2)cc1. The van der Waals surface area contributed by atoms with Gasteiger partial charge in [0.1, 0.15) is 17.9 Å². The van der Waals surface area contributed by atoms with Gasteiger partial charge in [0.2, 0.25) is 0 Å². The topological polar surface area (TPSA) is 82.8 Å². The van der Waals surface area contributed by atoms with E-state index in [0.717, 1.165) is 28.0 Å². The molecule has 0 aromatic heterocycles. The van der Waals surface area contributed by atoms with Crippen molar-refractivity contribution in [3.05, 3.63) is 96.1 Å². The molecular weight excluding hydrogens is 382 g/mol. The number of nitrogens with zero attached hydrogens (tertiary/aromatic N) is 2. The van der Waals surface area contributed by atoms with E-state index in [-0.39, 0.29) is 5.69 Å². The second-order valence-electron chi connectivity index (χ2n) is 7.03. The molecule has 0 spiro atoms. The van der Waals surface area contributed by atoms with Crippen LogP contribution in [0.2, 0.25) is 0 Å². The molecule has 0 aliphatic rings. The zero-order chi connectivity index (χ0) is 21.8. The molecule has 0 radical (unpaired) electrons. The number of hydrogen-bond donors (Lipinski definition) is 1. The molecule has 0 fully saturated rings. The summed E-state index contributed by atoms with van der Waals surface area (Å²) in [6.07, 6.45) is 0. The highest BCUT2D eigenvalue weighted by Gasteiger charge is 2.18. The van der Waals surface area contributed by atoms with Crippen LogP contribution >= 0.6 is 0 Å². The van der Waals surface area contributed by atoms with E-state index in [9.17, 15) is 10.5 Å². The van der Waals surface area contributed by atoms with Crippen molar-refractivity contribution in [3.63, 3.8) is 0 Å². The second kappa shape index (κ2) is 8.45. The summed E-state index contributed by atoms with van der Waals surface area (Å²) in [4.78, 5) is 0. The molecule has 0 saturated carbocycles. The van der Waals surface area contributed by atoms with Crippen molar-refractivity contribution in [1.82, 2.24) is 0 Å². The van der Waals surface area contributed by atoms with Gasteiger partial charge in [-0.3, -0.25) is 0 Å². The van der Waals surface area contributed by atoms with E-state index in [1.807, 2.05) is 84.9 Å². The molecule has 0 amide bonds. The quantitative estimate of drug-likeness (QED) is 0.424. The summed E-state index contributed by atoms with van der Waals surface area (Å²) >= 11 is 0. The number of nitriles is 2. The van der Waals surface area contributed by atoms with Crippen molar-refractivity contribution in [2.45, 2.75) is 0 Å². The van der Waals surface area contributed by atoms with Gasteiger partial charge in [-0.2, -0.15) is 10.5 Å². The maximum absolute atomic E-state index is 9.77. The Bertz CT molecular complexity index is 1310. The van der Waals surface area contributed by atoms with Gasteiger partial charge in [-0.1, -0.05) is 66.7 Å². The van der Waals surface area contributed by atoms with Crippen molar-refractivity contribution in [2.24, 2.45) is 0 Å². The van der Waals surface area contributed by atoms with Crippen molar-refractivity contribution in [3.8, 4) is 51.3 Å². The minimum atomic E-state index is 0.209. The van der Waals surface area contributed by atoms with Crippen molar-refractivity contribution in [1.29, 1.82) is 10.5 Å². The van der Waals surface area contributed by atoms with E-state index < -0.39 is 0 Å². The fraction of sp³-hybridized carbons (Fsp3) is 0.0370. The fourth-order valence-electron chi connectivity index (χ4n) is 3.64. The predicted molar refractivity (Wildman–Crippen MR) is 123 cm³/mol. The molecule has 0 bridgehead atoms. The average Bonchev–Trinajstić information content (AvgIpc) is 2.84. The van der Waals surface area contributed by atoms with Crippen LogP contribution in [0.15, 0.2) is 84.9 Å². The smallest absolute Gasteiger partial charge is 0.118 e. The lowest BCUT2D eigenvalue weighted by Gasteiger charge is -2.14. The van der Waals surface area contributed by atoms with Crippen LogP contribution in [0.3, 0.4) is 0 Å². The molecule has 4 rings (SSSR count). The molecule has 31 heavy (non-hydrogen) atoms. The molecule has 0 aliphatic carbocycles. The normalized spacial score (nSPS) is 10.2. The Kier molecular flexibility index (Phi) is 5.39. The maximum atomic E-state index is 9.77. The van der Waals surface area contributed by atoms with Gasteiger partial charge in [-0.25, -0.2) is 0 Å². The summed E-state index contributed by atoms with van der Waals surface area (Å²) in [5.41, 5.74) is 12.4. The average molecular weight is 401 g/mol. The zero-order valence-corrected chi connectivity index (χ0v) is 17.0. The minimum Gasteiger partial charge on any atom is -0.497 e. The van der Waals surface area contributed by atoms with Gasteiger partial charge in [-0.05, 0) is 40.5 Å². The van der Waals surface area contributed by atoms with E-state index in [2.05, 4.69) is 12.1 Å². The van der Waals surface area contributed by atoms with Crippen molar-refractivity contribution >= 4 is 5.69 Å². The van der Waals surface area contributed by atoms with Crippen LogP contribution in [-0.2, 0) is 0 Å². The maximum Gasteiger partial charge on any atom is 0.118 e. The third-order valence-electron chi connectivity index (χ3n) is 5.29. The van der Waals surface area contributed by atoms with Gasteiger partial charge in [0, 0.05) is 11.1 Å². The number of rotatable bonds is 4. The van der Waals surface area contributed by atoms with Gasteiger partial charge in [0.15, 0.2) is 0 Å². The van der Waals surface area contributed by atoms with Crippen LogP contribution < -0.4 is 10.5 Å². The molecule has 0 atom stereocenters. The first-order chi connectivity index (χ1) is 15.2. The number of ether oxygens (including phenoxy) is 1. The predicted octanol–water partition coefficient (Wildman–Crippen LogP) is 6.02. The molecule has 4 nitrogen and oxygen atoms in total. The Morgan fingerprint density at radius 3 is 1.58 bits per heavy atom. The fourth-order valence-corrected chi connectivity index (χ4v) is 3.64. The number of anilines is 1. The highest BCUT2D eigenvalue weighted by Crippen LogP contribution is 2.37. The molecule has 0 heterocycles. The third-order valence-corrected chi connectivity index (χ3v) is 5.29. The van der Waals surface area contributed by atoms with E-state index in [4.69, 9.17) is 10.5 Å². The molecule has 0 unspecified atom stereocenters. The molecule has 4 aromatic carbocycles. The molecule has 4 aromatic rings. The van der Waals surface area contributed by atoms with Gasteiger partial charge in [-0.15, -0.1) is 0 Å². The number of benzene rings is 4.